The van der Waals surface area contributed by atoms with Gasteiger partial charge in [-0.3, -0.25) is 0 Å². The second-order valence-electron chi connectivity index (χ2n) is 6.56. The Balaban J connectivity index is 1.92. The van der Waals surface area contributed by atoms with Crippen molar-refractivity contribution in [1.82, 2.24) is 0 Å². The van der Waals surface area contributed by atoms with Gasteiger partial charge in [-0.25, -0.2) is 0 Å². The van der Waals surface area contributed by atoms with Crippen molar-refractivity contribution in [3.63, 3.8) is 0 Å². The van der Waals surface area contributed by atoms with Gasteiger partial charge in [-0.2, -0.15) is 0 Å². The van der Waals surface area contributed by atoms with Gasteiger partial charge in [-0.1, -0.05) is 48.5 Å². The van der Waals surface area contributed by atoms with Crippen molar-refractivity contribution in [2.24, 2.45) is 0 Å². The van der Waals surface area contributed by atoms with Crippen LogP contribution in [0.4, 0.5) is 0 Å². The summed E-state index contributed by atoms with van der Waals surface area (Å²) in [4.78, 5) is 0. The third-order valence-electron chi connectivity index (χ3n) is 5.25. The average Bonchev–Trinajstić information content (AvgIpc) is 2.71. The van der Waals surface area contributed by atoms with E-state index in [2.05, 4.69) is 60.7 Å². The Morgan fingerprint density at radius 2 is 0.769 bits per heavy atom. The van der Waals surface area contributed by atoms with Gasteiger partial charge in [0.15, 0.2) is 0 Å². The quantitative estimate of drug-likeness (QED) is 0.351. The Morgan fingerprint density at radius 3 is 1.19 bits per heavy atom. The van der Waals surface area contributed by atoms with Gasteiger partial charge in [0.1, 0.15) is 11.5 Å². The summed E-state index contributed by atoms with van der Waals surface area (Å²) in [5.74, 6) is 1.77. The molecule has 126 valence electrons. The minimum Gasteiger partial charge on any atom is -0.497 e. The van der Waals surface area contributed by atoms with E-state index in [-0.39, 0.29) is 0 Å². The van der Waals surface area contributed by atoms with Gasteiger partial charge in [0.25, 0.3) is 0 Å². The lowest BCUT2D eigenvalue weighted by Gasteiger charge is -2.11. The van der Waals surface area contributed by atoms with Crippen LogP contribution in [0, 0.1) is 0 Å². The molecule has 0 radical (unpaired) electrons. The highest BCUT2D eigenvalue weighted by Gasteiger charge is 2.08. The van der Waals surface area contributed by atoms with Crippen LogP contribution in [0.1, 0.15) is 0 Å². The highest BCUT2D eigenvalue weighted by molar-refractivity contribution is 6.22. The molecule has 0 fully saturated rings. The molecule has 5 rings (SSSR count). The van der Waals surface area contributed by atoms with E-state index in [4.69, 9.17) is 9.47 Å². The molecule has 0 aromatic heterocycles. The van der Waals surface area contributed by atoms with Gasteiger partial charge >= 0.3 is 0 Å². The SMILES string of the molecule is COc1ccc2ccc3c(ccc4c5cc(OC)ccc5ccc43)c2c1. The van der Waals surface area contributed by atoms with E-state index in [1.54, 1.807) is 14.2 Å². The Kier molecular flexibility index (Phi) is 3.26. The van der Waals surface area contributed by atoms with Crippen molar-refractivity contribution in [1.29, 1.82) is 0 Å². The van der Waals surface area contributed by atoms with Crippen LogP contribution in [0.15, 0.2) is 72.8 Å². The van der Waals surface area contributed by atoms with Crippen LogP contribution in [-0.2, 0) is 0 Å². The third kappa shape index (κ3) is 2.12. The first-order chi connectivity index (χ1) is 12.8. The number of rotatable bonds is 2. The van der Waals surface area contributed by atoms with Gasteiger partial charge in [0, 0.05) is 0 Å². The number of methoxy groups -OCH3 is 2. The Bertz CT molecular complexity index is 1200. The molecular formula is C24H18O2. The number of benzene rings is 5. The summed E-state index contributed by atoms with van der Waals surface area (Å²) in [6, 6.07) is 25.7. The zero-order valence-electron chi connectivity index (χ0n) is 14.7. The Morgan fingerprint density at radius 1 is 0.423 bits per heavy atom. The largest absolute Gasteiger partial charge is 0.497 e. The van der Waals surface area contributed by atoms with Crippen LogP contribution >= 0.6 is 0 Å². The van der Waals surface area contributed by atoms with E-state index in [0.717, 1.165) is 11.5 Å². The summed E-state index contributed by atoms with van der Waals surface area (Å²) in [5, 5.41) is 9.89. The van der Waals surface area contributed by atoms with Gasteiger partial charge in [0.05, 0.1) is 14.2 Å². The number of hydrogen-bond donors (Lipinski definition) is 0. The van der Waals surface area contributed by atoms with Crippen LogP contribution in [0.5, 0.6) is 11.5 Å². The second-order valence-corrected chi connectivity index (χ2v) is 6.56. The van der Waals surface area contributed by atoms with Crippen molar-refractivity contribution in [2.75, 3.05) is 14.2 Å². The molecule has 5 aromatic rings. The fourth-order valence-electron chi connectivity index (χ4n) is 3.89. The molecule has 26 heavy (non-hydrogen) atoms. The molecule has 2 nitrogen and oxygen atoms in total. The summed E-state index contributed by atoms with van der Waals surface area (Å²) in [6.07, 6.45) is 0. The maximum Gasteiger partial charge on any atom is 0.119 e. The van der Waals surface area contributed by atoms with Crippen molar-refractivity contribution < 1.29 is 9.47 Å². The molecule has 0 aliphatic carbocycles. The Labute approximate surface area is 151 Å². The fraction of sp³-hybridized carbons (Fsp3) is 0.0833. The minimum atomic E-state index is 0.883. The average molecular weight is 338 g/mol. The van der Waals surface area contributed by atoms with E-state index in [9.17, 15) is 0 Å². The van der Waals surface area contributed by atoms with Gasteiger partial charge in [-0.15, -0.1) is 0 Å². The van der Waals surface area contributed by atoms with Crippen molar-refractivity contribution in [3.8, 4) is 11.5 Å². The van der Waals surface area contributed by atoms with E-state index >= 15 is 0 Å². The molecule has 0 spiro atoms. The lowest BCUT2D eigenvalue weighted by atomic mass is 9.94. The first-order valence-corrected chi connectivity index (χ1v) is 8.68. The molecule has 0 N–H and O–H groups in total. The van der Waals surface area contributed by atoms with E-state index in [0.29, 0.717) is 0 Å². The molecule has 0 aliphatic rings. The zero-order chi connectivity index (χ0) is 17.7. The summed E-state index contributed by atoms with van der Waals surface area (Å²) >= 11 is 0. The van der Waals surface area contributed by atoms with Gasteiger partial charge in [0.2, 0.25) is 0 Å². The second kappa shape index (κ2) is 5.63. The normalized spacial score (nSPS) is 11.5. The van der Waals surface area contributed by atoms with Gasteiger partial charge < -0.3 is 9.47 Å². The van der Waals surface area contributed by atoms with Gasteiger partial charge in [-0.05, 0) is 67.4 Å². The topological polar surface area (TPSA) is 18.5 Å². The molecule has 0 atom stereocenters. The van der Waals surface area contributed by atoms with Crippen molar-refractivity contribution in [3.05, 3.63) is 72.8 Å². The lowest BCUT2D eigenvalue weighted by Crippen LogP contribution is -1.86. The molecule has 0 heterocycles. The third-order valence-corrected chi connectivity index (χ3v) is 5.25. The maximum atomic E-state index is 5.43. The number of hydrogen-bond acceptors (Lipinski definition) is 2. The van der Waals surface area contributed by atoms with E-state index in [1.165, 1.54) is 43.1 Å². The molecule has 0 bridgehead atoms. The standard InChI is InChI=1S/C24H18O2/c1-25-17-7-3-15-5-9-19-20-10-6-16-4-8-18(26-2)14-24(16)22(20)12-11-21(19)23(15)13-17/h3-14H,1-2H3. The van der Waals surface area contributed by atoms with E-state index < -0.39 is 0 Å². The lowest BCUT2D eigenvalue weighted by molar-refractivity contribution is 0.415. The summed E-state index contributed by atoms with van der Waals surface area (Å²) in [6.45, 7) is 0. The molecule has 0 saturated heterocycles. The summed E-state index contributed by atoms with van der Waals surface area (Å²) in [7, 11) is 3.42. The molecule has 5 aromatic carbocycles. The van der Waals surface area contributed by atoms with Crippen LogP contribution in [-0.4, -0.2) is 14.2 Å². The first-order valence-electron chi connectivity index (χ1n) is 8.68. The molecule has 2 heteroatoms. The molecule has 0 unspecified atom stereocenters. The highest BCUT2D eigenvalue weighted by Crippen LogP contribution is 2.36. The van der Waals surface area contributed by atoms with Crippen LogP contribution < -0.4 is 9.47 Å². The monoisotopic (exact) mass is 338 g/mol. The number of fused-ring (bicyclic) bond motifs is 7. The molecule has 0 aliphatic heterocycles. The molecule has 0 amide bonds. The fourth-order valence-corrected chi connectivity index (χ4v) is 3.89. The predicted molar refractivity (Wildman–Crippen MR) is 110 cm³/mol. The summed E-state index contributed by atoms with van der Waals surface area (Å²) in [5.41, 5.74) is 0. The number of ether oxygens (including phenoxy) is 2. The highest BCUT2D eigenvalue weighted by atomic mass is 16.5. The van der Waals surface area contributed by atoms with Crippen LogP contribution in [0.25, 0.3) is 43.1 Å². The molecular weight excluding hydrogens is 320 g/mol. The van der Waals surface area contributed by atoms with Crippen LogP contribution in [0.3, 0.4) is 0 Å². The first kappa shape index (κ1) is 15.0. The maximum absolute atomic E-state index is 5.43. The predicted octanol–water partition coefficient (Wildman–Crippen LogP) is 6.32. The van der Waals surface area contributed by atoms with Crippen LogP contribution in [0.2, 0.25) is 0 Å². The smallest absolute Gasteiger partial charge is 0.119 e. The zero-order valence-corrected chi connectivity index (χ0v) is 14.7. The van der Waals surface area contributed by atoms with E-state index in [1.807, 2.05) is 12.1 Å². The van der Waals surface area contributed by atoms with Crippen molar-refractivity contribution >= 4 is 43.1 Å². The Hall–Kier alpha value is -3.26. The summed E-state index contributed by atoms with van der Waals surface area (Å²) < 4.78 is 10.9. The molecule has 0 saturated carbocycles. The van der Waals surface area contributed by atoms with Crippen molar-refractivity contribution in [2.45, 2.75) is 0 Å². The minimum absolute atomic E-state index is 0.883.